The van der Waals surface area contributed by atoms with Crippen molar-refractivity contribution < 1.29 is 14.3 Å². The summed E-state index contributed by atoms with van der Waals surface area (Å²) in [5.74, 6) is -1.19. The van der Waals surface area contributed by atoms with Crippen LogP contribution in [-0.2, 0) is 4.74 Å². The van der Waals surface area contributed by atoms with Crippen LogP contribution in [-0.4, -0.2) is 11.9 Å². The molecule has 4 rings (SSSR count). The van der Waals surface area contributed by atoms with Crippen LogP contribution in [0.3, 0.4) is 0 Å². The monoisotopic (exact) mass is 352 g/mol. The Balaban J connectivity index is 1.77. The number of rotatable bonds is 4. The number of ether oxygens (including phenoxy) is 1. The predicted octanol–water partition coefficient (Wildman–Crippen LogP) is 5.34. The summed E-state index contributed by atoms with van der Waals surface area (Å²) in [6.07, 6.45) is 7.83. The fraction of sp³-hybridized carbons (Fsp3) is 0. The smallest absolute Gasteiger partial charge is 0.346 e. The lowest BCUT2D eigenvalue weighted by Crippen LogP contribution is -1.96. The molecule has 27 heavy (non-hydrogen) atoms. The molecule has 0 atom stereocenters. The van der Waals surface area contributed by atoms with Crippen LogP contribution in [0, 0.1) is 0 Å². The van der Waals surface area contributed by atoms with Gasteiger partial charge in [0.2, 0.25) is 0 Å². The second-order valence-corrected chi connectivity index (χ2v) is 6.19. The van der Waals surface area contributed by atoms with E-state index in [9.17, 15) is 9.59 Å². The Bertz CT molecular complexity index is 975. The van der Waals surface area contributed by atoms with Crippen LogP contribution in [0.25, 0.3) is 24.3 Å². The van der Waals surface area contributed by atoms with Gasteiger partial charge in [-0.25, -0.2) is 9.59 Å². The maximum atomic E-state index is 11.9. The number of benzene rings is 3. The molecule has 1 aliphatic heterocycles. The van der Waals surface area contributed by atoms with Gasteiger partial charge in [-0.15, -0.1) is 0 Å². The Morgan fingerprint density at radius 1 is 0.556 bits per heavy atom. The van der Waals surface area contributed by atoms with E-state index >= 15 is 0 Å². The Morgan fingerprint density at radius 3 is 1.37 bits per heavy atom. The maximum absolute atomic E-state index is 11.9. The summed E-state index contributed by atoms with van der Waals surface area (Å²) in [5.41, 5.74) is 4.41. The molecule has 3 heteroatoms. The largest absolute Gasteiger partial charge is 0.386 e. The fourth-order valence-corrected chi connectivity index (χ4v) is 2.95. The molecule has 0 bridgehead atoms. The second kappa shape index (κ2) is 7.26. The molecular weight excluding hydrogens is 336 g/mol. The lowest BCUT2D eigenvalue weighted by Gasteiger charge is -2.04. The van der Waals surface area contributed by atoms with Crippen molar-refractivity contribution in [1.29, 1.82) is 0 Å². The molecular formula is C24H16O3. The number of fused-ring (bicyclic) bond motifs is 1. The van der Waals surface area contributed by atoms with E-state index in [0.717, 1.165) is 22.3 Å². The fourth-order valence-electron chi connectivity index (χ4n) is 2.95. The van der Waals surface area contributed by atoms with Gasteiger partial charge in [-0.1, -0.05) is 85.0 Å². The highest BCUT2D eigenvalue weighted by molar-refractivity contribution is 6.15. The Morgan fingerprint density at radius 2 is 0.963 bits per heavy atom. The van der Waals surface area contributed by atoms with Crippen molar-refractivity contribution >= 4 is 36.2 Å². The highest BCUT2D eigenvalue weighted by atomic mass is 16.6. The van der Waals surface area contributed by atoms with Gasteiger partial charge in [0.1, 0.15) is 0 Å². The van der Waals surface area contributed by atoms with E-state index in [1.807, 2.05) is 85.0 Å². The molecule has 0 radical (unpaired) electrons. The first kappa shape index (κ1) is 16.7. The van der Waals surface area contributed by atoms with E-state index in [1.165, 1.54) is 0 Å². The number of hydrogen-bond donors (Lipinski definition) is 0. The minimum absolute atomic E-state index is 0.310. The molecule has 0 aromatic heterocycles. The zero-order valence-electron chi connectivity index (χ0n) is 14.5. The normalized spacial score (nSPS) is 13.3. The van der Waals surface area contributed by atoms with Gasteiger partial charge in [-0.05, 0) is 34.4 Å². The van der Waals surface area contributed by atoms with Gasteiger partial charge in [0, 0.05) is 0 Å². The van der Waals surface area contributed by atoms with Gasteiger partial charge < -0.3 is 4.74 Å². The molecule has 3 aromatic rings. The van der Waals surface area contributed by atoms with E-state index in [-0.39, 0.29) is 0 Å². The zero-order chi connectivity index (χ0) is 18.6. The molecule has 3 aromatic carbocycles. The topological polar surface area (TPSA) is 43.4 Å². The van der Waals surface area contributed by atoms with Crippen molar-refractivity contribution in [3.05, 3.63) is 106 Å². The maximum Gasteiger partial charge on any atom is 0.346 e. The summed E-state index contributed by atoms with van der Waals surface area (Å²) < 4.78 is 4.74. The summed E-state index contributed by atoms with van der Waals surface area (Å²) in [4.78, 5) is 23.8. The molecule has 130 valence electrons. The Hall–Kier alpha value is -3.72. The average molecular weight is 352 g/mol. The standard InChI is InChI=1S/C24H16O3/c25-23-21-15-19(13-11-17-7-3-1-4-8-17)20(16-22(21)24(26)27-23)14-12-18-9-5-2-6-10-18/h1-16H. The Kier molecular flexibility index (Phi) is 4.50. The first-order valence-electron chi connectivity index (χ1n) is 8.61. The van der Waals surface area contributed by atoms with Crippen LogP contribution in [0.15, 0.2) is 72.8 Å². The van der Waals surface area contributed by atoms with Gasteiger partial charge in [-0.2, -0.15) is 0 Å². The molecule has 1 aliphatic rings. The quantitative estimate of drug-likeness (QED) is 0.362. The molecule has 0 saturated carbocycles. The van der Waals surface area contributed by atoms with Gasteiger partial charge in [0.15, 0.2) is 0 Å². The molecule has 1 heterocycles. The van der Waals surface area contributed by atoms with Crippen molar-refractivity contribution in [1.82, 2.24) is 0 Å². The minimum Gasteiger partial charge on any atom is -0.386 e. The third-order valence-corrected chi connectivity index (χ3v) is 4.36. The molecule has 0 saturated heterocycles. The van der Waals surface area contributed by atoms with Gasteiger partial charge in [-0.3, -0.25) is 0 Å². The number of esters is 2. The van der Waals surface area contributed by atoms with Crippen LogP contribution in [0.1, 0.15) is 43.0 Å². The van der Waals surface area contributed by atoms with E-state index in [0.29, 0.717) is 11.1 Å². The molecule has 0 unspecified atom stereocenters. The molecule has 0 N–H and O–H groups in total. The predicted molar refractivity (Wildman–Crippen MR) is 107 cm³/mol. The van der Waals surface area contributed by atoms with Gasteiger partial charge in [0.25, 0.3) is 0 Å². The highest BCUT2D eigenvalue weighted by Gasteiger charge is 2.30. The van der Waals surface area contributed by atoms with Crippen LogP contribution in [0.2, 0.25) is 0 Å². The molecule has 0 fully saturated rings. The summed E-state index contributed by atoms with van der Waals surface area (Å²) in [5, 5.41) is 0. The molecule has 0 amide bonds. The zero-order valence-corrected chi connectivity index (χ0v) is 14.5. The number of cyclic esters (lactones) is 2. The lowest BCUT2D eigenvalue weighted by molar-refractivity contribution is 0.0444. The number of carbonyl (C=O) groups is 2. The van der Waals surface area contributed by atoms with Crippen molar-refractivity contribution in [2.75, 3.05) is 0 Å². The number of hydrogen-bond acceptors (Lipinski definition) is 3. The molecule has 3 nitrogen and oxygen atoms in total. The summed E-state index contributed by atoms with van der Waals surface area (Å²) >= 11 is 0. The van der Waals surface area contributed by atoms with Crippen LogP contribution >= 0.6 is 0 Å². The van der Waals surface area contributed by atoms with E-state index in [4.69, 9.17) is 4.74 Å². The van der Waals surface area contributed by atoms with Crippen LogP contribution in [0.4, 0.5) is 0 Å². The van der Waals surface area contributed by atoms with Crippen molar-refractivity contribution in [3.63, 3.8) is 0 Å². The van der Waals surface area contributed by atoms with Crippen molar-refractivity contribution in [2.24, 2.45) is 0 Å². The Labute approximate surface area is 157 Å². The minimum atomic E-state index is -0.594. The average Bonchev–Trinajstić information content (AvgIpc) is 2.99. The van der Waals surface area contributed by atoms with Crippen molar-refractivity contribution in [3.8, 4) is 0 Å². The first-order valence-corrected chi connectivity index (χ1v) is 8.61. The van der Waals surface area contributed by atoms with Crippen LogP contribution < -0.4 is 0 Å². The third kappa shape index (κ3) is 3.62. The van der Waals surface area contributed by atoms with Gasteiger partial charge in [0.05, 0.1) is 11.1 Å². The lowest BCUT2D eigenvalue weighted by atomic mass is 9.97. The second-order valence-electron chi connectivity index (χ2n) is 6.19. The summed E-state index contributed by atoms with van der Waals surface area (Å²) in [6, 6.07) is 23.2. The molecule has 0 spiro atoms. The summed E-state index contributed by atoms with van der Waals surface area (Å²) in [7, 11) is 0. The molecule has 0 aliphatic carbocycles. The highest BCUT2D eigenvalue weighted by Crippen LogP contribution is 2.27. The van der Waals surface area contributed by atoms with E-state index in [1.54, 1.807) is 12.1 Å². The van der Waals surface area contributed by atoms with Gasteiger partial charge >= 0.3 is 11.9 Å². The van der Waals surface area contributed by atoms with E-state index in [2.05, 4.69) is 0 Å². The van der Waals surface area contributed by atoms with Crippen LogP contribution in [0.5, 0.6) is 0 Å². The van der Waals surface area contributed by atoms with E-state index < -0.39 is 11.9 Å². The SMILES string of the molecule is O=C1OC(=O)c2cc(C=Cc3ccccc3)c(C=Cc3ccccc3)cc21. The van der Waals surface area contributed by atoms with Crippen molar-refractivity contribution in [2.45, 2.75) is 0 Å². The first-order chi connectivity index (χ1) is 13.2. The number of carbonyl (C=O) groups excluding carboxylic acids is 2. The third-order valence-electron chi connectivity index (χ3n) is 4.36. The summed E-state index contributed by atoms with van der Waals surface area (Å²) in [6.45, 7) is 0.